The van der Waals surface area contributed by atoms with Crippen molar-refractivity contribution in [3.63, 3.8) is 0 Å². The van der Waals surface area contributed by atoms with E-state index in [4.69, 9.17) is 14.9 Å². The molecule has 1 atom stereocenters. The summed E-state index contributed by atoms with van der Waals surface area (Å²) in [5.74, 6) is -2.44. The van der Waals surface area contributed by atoms with Crippen LogP contribution in [0.5, 0.6) is 5.88 Å². The number of aromatic amines is 1. The van der Waals surface area contributed by atoms with Crippen LogP contribution in [0.3, 0.4) is 0 Å². The van der Waals surface area contributed by atoms with Crippen molar-refractivity contribution < 1.29 is 24.5 Å². The molecule has 0 aromatic carbocycles. The zero-order valence-corrected chi connectivity index (χ0v) is 10.2. The molecule has 1 aromatic rings. The number of rotatable bonds is 6. The maximum absolute atomic E-state index is 11.7. The molecule has 19 heavy (non-hydrogen) atoms. The lowest BCUT2D eigenvalue weighted by Gasteiger charge is -2.13. The summed E-state index contributed by atoms with van der Waals surface area (Å²) in [7, 11) is 1.41. The van der Waals surface area contributed by atoms with Crippen LogP contribution in [0.2, 0.25) is 0 Å². The van der Waals surface area contributed by atoms with Gasteiger partial charge in [-0.3, -0.25) is 14.6 Å². The van der Waals surface area contributed by atoms with Crippen LogP contribution in [0.15, 0.2) is 16.9 Å². The highest BCUT2D eigenvalue weighted by atomic mass is 16.5. The van der Waals surface area contributed by atoms with Gasteiger partial charge < -0.3 is 20.3 Å². The molecule has 0 bridgehead atoms. The molecule has 1 amide bonds. The number of methoxy groups -OCH3 is 1. The number of hydrogen-bond donors (Lipinski definition) is 4. The second-order valence-corrected chi connectivity index (χ2v) is 3.76. The molecule has 0 saturated carbocycles. The smallest absolute Gasteiger partial charge is 0.326 e. The molecule has 0 radical (unpaired) electrons. The Morgan fingerprint density at radius 1 is 1.47 bits per heavy atom. The van der Waals surface area contributed by atoms with Crippen LogP contribution in [0, 0.1) is 0 Å². The van der Waals surface area contributed by atoms with Crippen molar-refractivity contribution >= 4 is 11.9 Å². The molecule has 4 N–H and O–H groups in total. The highest BCUT2D eigenvalue weighted by molar-refractivity contribution is 5.96. The van der Waals surface area contributed by atoms with Crippen LogP contribution in [0.25, 0.3) is 0 Å². The number of carbonyl (C=O) groups excluding carboxylic acids is 1. The minimum absolute atomic E-state index is 0.0900. The summed E-state index contributed by atoms with van der Waals surface area (Å²) in [4.78, 5) is 35.8. The third-order valence-electron chi connectivity index (χ3n) is 2.31. The third-order valence-corrected chi connectivity index (χ3v) is 2.31. The van der Waals surface area contributed by atoms with E-state index in [0.717, 1.165) is 12.1 Å². The Kier molecular flexibility index (Phi) is 5.07. The SMILES string of the molecule is COCCC(NC(=O)c1cc(O)[nH]c(=O)c1)C(=O)O. The number of aliphatic carboxylic acids is 1. The topological polar surface area (TPSA) is 129 Å². The minimum atomic E-state index is -1.21. The molecule has 0 aliphatic heterocycles. The average Bonchev–Trinajstić information content (AvgIpc) is 2.32. The maximum atomic E-state index is 11.7. The Balaban J connectivity index is 2.81. The molecular weight excluding hydrogens is 256 g/mol. The second kappa shape index (κ2) is 6.55. The fourth-order valence-electron chi connectivity index (χ4n) is 1.39. The standard InChI is InChI=1S/C11H14N2O6/c1-19-3-2-7(11(17)18)12-10(16)6-4-8(14)13-9(15)5-6/h4-5,7H,2-3H2,1H3,(H,12,16)(H,17,18)(H2,13,14,15). The van der Waals surface area contributed by atoms with E-state index < -0.39 is 29.4 Å². The summed E-state index contributed by atoms with van der Waals surface area (Å²) in [5, 5.41) is 20.3. The number of aromatic nitrogens is 1. The van der Waals surface area contributed by atoms with E-state index in [1.165, 1.54) is 7.11 Å². The van der Waals surface area contributed by atoms with Crippen molar-refractivity contribution in [1.29, 1.82) is 0 Å². The van der Waals surface area contributed by atoms with Gasteiger partial charge in [0.05, 0.1) is 5.56 Å². The van der Waals surface area contributed by atoms with Gasteiger partial charge in [-0.2, -0.15) is 0 Å². The number of carboxylic acids is 1. The van der Waals surface area contributed by atoms with Crippen molar-refractivity contribution in [3.8, 4) is 5.88 Å². The predicted molar refractivity (Wildman–Crippen MR) is 64.1 cm³/mol. The van der Waals surface area contributed by atoms with Crippen LogP contribution < -0.4 is 10.9 Å². The van der Waals surface area contributed by atoms with E-state index in [1.807, 2.05) is 0 Å². The molecule has 8 heteroatoms. The van der Waals surface area contributed by atoms with Gasteiger partial charge in [0.1, 0.15) is 6.04 Å². The number of carbonyl (C=O) groups is 2. The third kappa shape index (κ3) is 4.43. The Morgan fingerprint density at radius 3 is 2.68 bits per heavy atom. The van der Waals surface area contributed by atoms with Crippen LogP contribution >= 0.6 is 0 Å². The van der Waals surface area contributed by atoms with Crippen LogP contribution in [-0.2, 0) is 9.53 Å². The molecule has 1 rings (SSSR count). The fourth-order valence-corrected chi connectivity index (χ4v) is 1.39. The first-order valence-electron chi connectivity index (χ1n) is 5.40. The van der Waals surface area contributed by atoms with Gasteiger partial charge in [0.15, 0.2) is 5.88 Å². The van der Waals surface area contributed by atoms with Gasteiger partial charge in [0.2, 0.25) is 0 Å². The molecule has 0 spiro atoms. The number of ether oxygens (including phenoxy) is 1. The lowest BCUT2D eigenvalue weighted by molar-refractivity contribution is -0.139. The summed E-state index contributed by atoms with van der Waals surface area (Å²) in [6.45, 7) is 0.165. The van der Waals surface area contributed by atoms with Gasteiger partial charge >= 0.3 is 5.97 Å². The Morgan fingerprint density at radius 2 is 2.16 bits per heavy atom. The normalized spacial score (nSPS) is 11.8. The summed E-state index contributed by atoms with van der Waals surface area (Å²) < 4.78 is 4.74. The molecule has 1 aromatic heterocycles. The molecule has 0 aliphatic rings. The molecular formula is C11H14N2O6. The number of amides is 1. The van der Waals surface area contributed by atoms with Gasteiger partial charge in [0, 0.05) is 32.3 Å². The summed E-state index contributed by atoms with van der Waals surface area (Å²) in [6.07, 6.45) is 0.0900. The van der Waals surface area contributed by atoms with Gasteiger partial charge in [-0.15, -0.1) is 0 Å². The van der Waals surface area contributed by atoms with Crippen LogP contribution in [-0.4, -0.2) is 46.8 Å². The highest BCUT2D eigenvalue weighted by Gasteiger charge is 2.20. The summed E-state index contributed by atoms with van der Waals surface area (Å²) in [6, 6.07) is 0.866. The number of pyridine rings is 1. The largest absolute Gasteiger partial charge is 0.494 e. The van der Waals surface area contributed by atoms with E-state index >= 15 is 0 Å². The van der Waals surface area contributed by atoms with E-state index in [0.29, 0.717) is 0 Å². The Bertz CT molecular complexity index is 524. The number of hydrogen-bond acceptors (Lipinski definition) is 5. The molecule has 104 valence electrons. The minimum Gasteiger partial charge on any atom is -0.494 e. The zero-order chi connectivity index (χ0) is 14.4. The molecule has 0 aliphatic carbocycles. The number of nitrogens with one attached hydrogen (secondary N) is 2. The molecule has 0 fully saturated rings. The Labute approximate surface area is 108 Å². The number of carboxylic acid groups (broad SMARTS) is 1. The zero-order valence-electron chi connectivity index (χ0n) is 10.2. The van der Waals surface area contributed by atoms with Gasteiger partial charge in [0.25, 0.3) is 11.5 Å². The van der Waals surface area contributed by atoms with Crippen molar-refractivity contribution in [2.75, 3.05) is 13.7 Å². The van der Waals surface area contributed by atoms with Crippen molar-refractivity contribution in [2.45, 2.75) is 12.5 Å². The number of aromatic hydroxyl groups is 1. The second-order valence-electron chi connectivity index (χ2n) is 3.76. The first kappa shape index (κ1) is 14.7. The Hall–Kier alpha value is -2.35. The van der Waals surface area contributed by atoms with E-state index in [1.54, 1.807) is 0 Å². The van der Waals surface area contributed by atoms with Crippen molar-refractivity contribution in [2.24, 2.45) is 0 Å². The lowest BCUT2D eigenvalue weighted by atomic mass is 10.2. The van der Waals surface area contributed by atoms with Crippen LogP contribution in [0.1, 0.15) is 16.8 Å². The molecule has 1 heterocycles. The average molecular weight is 270 g/mol. The first-order valence-corrected chi connectivity index (χ1v) is 5.40. The fraction of sp³-hybridized carbons (Fsp3) is 0.364. The summed E-state index contributed by atoms with van der Waals surface area (Å²) in [5.41, 5.74) is -0.779. The van der Waals surface area contributed by atoms with Gasteiger partial charge in [-0.25, -0.2) is 4.79 Å². The van der Waals surface area contributed by atoms with Gasteiger partial charge in [-0.1, -0.05) is 0 Å². The van der Waals surface area contributed by atoms with Gasteiger partial charge in [-0.05, 0) is 0 Å². The lowest BCUT2D eigenvalue weighted by Crippen LogP contribution is -2.41. The predicted octanol–water partition coefficient (Wildman–Crippen LogP) is -0.700. The number of H-pyrrole nitrogens is 1. The van der Waals surface area contributed by atoms with Crippen molar-refractivity contribution in [3.05, 3.63) is 28.0 Å². The van der Waals surface area contributed by atoms with E-state index in [2.05, 4.69) is 10.3 Å². The first-order chi connectivity index (χ1) is 8.93. The molecule has 8 nitrogen and oxygen atoms in total. The van der Waals surface area contributed by atoms with E-state index in [9.17, 15) is 14.4 Å². The molecule has 0 saturated heterocycles. The van der Waals surface area contributed by atoms with Crippen LogP contribution in [0.4, 0.5) is 0 Å². The van der Waals surface area contributed by atoms with Crippen molar-refractivity contribution in [1.82, 2.24) is 10.3 Å². The highest BCUT2D eigenvalue weighted by Crippen LogP contribution is 2.05. The van der Waals surface area contributed by atoms with E-state index in [-0.39, 0.29) is 18.6 Å². The quantitative estimate of drug-likeness (QED) is 0.541. The maximum Gasteiger partial charge on any atom is 0.326 e. The summed E-state index contributed by atoms with van der Waals surface area (Å²) >= 11 is 0. The molecule has 1 unspecified atom stereocenters. The monoisotopic (exact) mass is 270 g/mol.